The topological polar surface area (TPSA) is 687 Å². The van der Waals surface area contributed by atoms with Crippen molar-refractivity contribution in [1.29, 1.82) is 0 Å². The maximum Gasteiger partial charge on any atom is 0.305 e. The number of hydrogen-bond donors (Lipinski definition) is 24. The molecular formula is C87H119N17O24. The average Bonchev–Trinajstić information content (AvgIpc) is 1.64. The molecule has 0 aromatic heterocycles. The summed E-state index contributed by atoms with van der Waals surface area (Å²) in [6.07, 6.45) is -2.61. The summed E-state index contributed by atoms with van der Waals surface area (Å²) < 4.78 is 0. The Hall–Kier alpha value is -13.5. The highest BCUT2D eigenvalue weighted by Crippen LogP contribution is 2.24. The van der Waals surface area contributed by atoms with Crippen molar-refractivity contribution in [2.75, 3.05) is 26.3 Å². The quantitative estimate of drug-likeness (QED) is 0.0168. The van der Waals surface area contributed by atoms with Crippen LogP contribution in [0.4, 0.5) is 0 Å². The highest BCUT2D eigenvalue weighted by atomic mass is 16.4. The molecule has 41 heteroatoms. The lowest BCUT2D eigenvalue weighted by Gasteiger charge is -2.32. The number of aromatic hydroxyl groups is 5. The van der Waals surface area contributed by atoms with E-state index in [1.54, 1.807) is 41.5 Å². The van der Waals surface area contributed by atoms with Crippen LogP contribution in [0.15, 0.2) is 121 Å². The van der Waals surface area contributed by atoms with Gasteiger partial charge in [0.25, 0.3) is 0 Å². The van der Waals surface area contributed by atoms with Crippen molar-refractivity contribution in [3.05, 3.63) is 149 Å². The number of aliphatic hydroxyl groups is 2. The number of nitrogens with two attached hydrogens (primary N) is 4. The van der Waals surface area contributed by atoms with Gasteiger partial charge in [-0.05, 0) is 158 Å². The van der Waals surface area contributed by atoms with Gasteiger partial charge in [0.05, 0.1) is 32.1 Å². The van der Waals surface area contributed by atoms with Crippen LogP contribution >= 0.6 is 0 Å². The van der Waals surface area contributed by atoms with Gasteiger partial charge in [-0.1, -0.05) is 102 Å². The highest BCUT2D eigenvalue weighted by Gasteiger charge is 2.43. The van der Waals surface area contributed by atoms with Gasteiger partial charge in [0.15, 0.2) is 0 Å². The summed E-state index contributed by atoms with van der Waals surface area (Å²) in [5.41, 5.74) is 24.9. The number of nitrogens with zero attached hydrogens (tertiary/aromatic N) is 1. The standard InChI is InChI=1S/C87H119N17O24/c1-45(2)34-61(95-79(120)62(37-49-14-24-54(108)25-15-49)94-75(116)58(89)41-72(113)114)77(118)98-66(42-71(90)112)82(123)92-59(10-7-8-32-88)76(117)103-73(47(5)6)86(127)100-67(35-46(3)4)87(128)104-33-9-11-70(104)85(126)99-65(40-52-20-30-57(111)31-21-52)80(121)96-64(39-51-18-28-56(110)29-19-51)81(122)101-69(44-106)84(125)102-68(43-105)83(124)97-63(38-50-16-26-55(109)27-17-50)78(119)93-60(74(91)115)36-48-12-22-53(107)23-13-48/h12-31,45-47,58-70,73,105-111H,7-11,32-44,88-89H2,1-6H3,(H2,90,112)(H2,91,115)(H,92,123)(H,93,119)(H,94,116)(H,95,120)(H,96,121)(H,97,124)(H,98,118)(H,99,126)(H,100,127)(H,101,122)(H,102,125)(H,103,117)(H,113,114)/t58-,59-,60-,61-,62-,63-,64-,65-,66-,67-,68-,69-,70-,73-/m0/s1. The zero-order chi connectivity index (χ0) is 94.8. The summed E-state index contributed by atoms with van der Waals surface area (Å²) >= 11 is 0. The van der Waals surface area contributed by atoms with E-state index in [-0.39, 0.29) is 118 Å². The predicted molar refractivity (Wildman–Crippen MR) is 461 cm³/mol. The van der Waals surface area contributed by atoms with E-state index in [1.165, 1.54) is 126 Å². The molecule has 5 aromatic carbocycles. The molecule has 0 bridgehead atoms. The number of benzene rings is 5. The fraction of sp³-hybridized carbons (Fsp3) is 0.471. The molecule has 1 aliphatic heterocycles. The Morgan fingerprint density at radius 3 is 1.05 bits per heavy atom. The number of carbonyl (C=O) groups is 16. The van der Waals surface area contributed by atoms with Crippen molar-refractivity contribution in [3.8, 4) is 28.7 Å². The Bertz CT molecular complexity index is 4640. The van der Waals surface area contributed by atoms with Crippen molar-refractivity contribution in [2.45, 2.75) is 216 Å². The van der Waals surface area contributed by atoms with Gasteiger partial charge in [0.1, 0.15) is 107 Å². The first-order chi connectivity index (χ1) is 60.5. The third kappa shape index (κ3) is 33.8. The molecule has 1 aliphatic rings. The second-order valence-electron chi connectivity index (χ2n) is 32.6. The van der Waals surface area contributed by atoms with Gasteiger partial charge < -0.3 is 132 Å². The van der Waals surface area contributed by atoms with Gasteiger partial charge in [0.2, 0.25) is 88.6 Å². The smallest absolute Gasteiger partial charge is 0.305 e. The molecule has 14 atom stereocenters. The first kappa shape index (κ1) is 103. The molecule has 0 aliphatic carbocycles. The molecule has 0 unspecified atom stereocenters. The number of unbranched alkanes of at least 4 members (excludes halogenated alkanes) is 1. The van der Waals surface area contributed by atoms with Crippen LogP contribution < -0.4 is 86.7 Å². The molecule has 0 radical (unpaired) electrons. The van der Waals surface area contributed by atoms with Crippen molar-refractivity contribution in [3.63, 3.8) is 0 Å². The van der Waals surface area contributed by atoms with E-state index < -0.39 is 218 Å². The van der Waals surface area contributed by atoms with Crippen LogP contribution in [0.25, 0.3) is 0 Å². The van der Waals surface area contributed by atoms with Crippen LogP contribution in [-0.2, 0) is 109 Å². The van der Waals surface area contributed by atoms with Gasteiger partial charge in [-0.15, -0.1) is 0 Å². The van der Waals surface area contributed by atoms with Crippen molar-refractivity contribution < 1.29 is 118 Å². The Labute approximate surface area is 738 Å². The molecule has 41 nitrogen and oxygen atoms in total. The Morgan fingerprint density at radius 2 is 0.688 bits per heavy atom. The van der Waals surface area contributed by atoms with Crippen molar-refractivity contribution in [1.82, 2.24) is 68.7 Å². The van der Waals surface area contributed by atoms with Crippen molar-refractivity contribution in [2.24, 2.45) is 40.7 Å². The van der Waals surface area contributed by atoms with Crippen LogP contribution in [-0.4, -0.2) is 251 Å². The van der Waals surface area contributed by atoms with Gasteiger partial charge in [-0.3, -0.25) is 76.7 Å². The van der Waals surface area contributed by atoms with E-state index in [9.17, 15) is 108 Å². The van der Waals surface area contributed by atoms with Gasteiger partial charge >= 0.3 is 5.97 Å². The lowest BCUT2D eigenvalue weighted by molar-refractivity contribution is -0.143. The average molecular weight is 1790 g/mol. The molecule has 1 saturated heterocycles. The lowest BCUT2D eigenvalue weighted by atomic mass is 9.98. The van der Waals surface area contributed by atoms with E-state index in [2.05, 4.69) is 63.8 Å². The largest absolute Gasteiger partial charge is 0.508 e. The van der Waals surface area contributed by atoms with Crippen LogP contribution in [0.2, 0.25) is 0 Å². The van der Waals surface area contributed by atoms with E-state index >= 15 is 9.59 Å². The first-order valence-corrected chi connectivity index (χ1v) is 41.9. The van der Waals surface area contributed by atoms with E-state index in [0.29, 0.717) is 34.2 Å². The predicted octanol–water partition coefficient (Wildman–Crippen LogP) is -3.44. The number of likely N-dealkylation sites (tertiary alicyclic amines) is 1. The summed E-state index contributed by atoms with van der Waals surface area (Å²) in [5.74, 6) is -18.8. The summed E-state index contributed by atoms with van der Waals surface area (Å²) in [6, 6.07) is 5.21. The number of phenols is 5. The number of aliphatic hydroxyl groups excluding tert-OH is 2. The maximum absolute atomic E-state index is 15.1. The molecule has 15 amide bonds. The Balaban J connectivity index is 1.20. The number of rotatable bonds is 51. The number of carboxylic acids is 1. The Kier molecular flexibility index (Phi) is 40.8. The molecule has 1 heterocycles. The minimum absolute atomic E-state index is 0.0129. The number of carboxylic acid groups (broad SMARTS) is 1. The lowest BCUT2D eigenvalue weighted by Crippen LogP contribution is -2.62. The minimum Gasteiger partial charge on any atom is -0.508 e. The number of aliphatic carboxylic acids is 1. The van der Waals surface area contributed by atoms with Crippen LogP contribution in [0.1, 0.15) is 127 Å². The van der Waals surface area contributed by atoms with Crippen LogP contribution in [0.3, 0.4) is 0 Å². The van der Waals surface area contributed by atoms with E-state index in [1.807, 2.05) is 0 Å². The molecule has 1 fully saturated rings. The number of hydrogen-bond acceptors (Lipinski definition) is 25. The molecule has 28 N–H and O–H groups in total. The minimum atomic E-state index is -1.96. The maximum atomic E-state index is 15.1. The van der Waals surface area contributed by atoms with Crippen molar-refractivity contribution >= 4 is 94.6 Å². The van der Waals surface area contributed by atoms with E-state index in [0.717, 1.165) is 0 Å². The number of amides is 15. The number of phenolic OH excluding ortho intramolecular Hbond substituents is 5. The fourth-order valence-corrected chi connectivity index (χ4v) is 13.9. The molecular weight excluding hydrogens is 1670 g/mol. The third-order valence-corrected chi connectivity index (χ3v) is 20.8. The monoisotopic (exact) mass is 1790 g/mol. The summed E-state index contributed by atoms with van der Waals surface area (Å²) in [5, 5.41) is 111. The molecule has 6 rings (SSSR count). The van der Waals surface area contributed by atoms with Gasteiger partial charge in [-0.25, -0.2) is 0 Å². The molecule has 5 aromatic rings. The van der Waals surface area contributed by atoms with Gasteiger partial charge in [0, 0.05) is 38.6 Å². The van der Waals surface area contributed by atoms with Crippen LogP contribution in [0.5, 0.6) is 28.7 Å². The summed E-state index contributed by atoms with van der Waals surface area (Å²) in [7, 11) is 0. The molecule has 0 spiro atoms. The van der Waals surface area contributed by atoms with Gasteiger partial charge in [-0.2, -0.15) is 0 Å². The summed E-state index contributed by atoms with van der Waals surface area (Å²) in [6.45, 7) is 7.82. The van der Waals surface area contributed by atoms with Crippen LogP contribution in [0, 0.1) is 17.8 Å². The number of primary amides is 2. The number of nitrogens with one attached hydrogen (secondary N) is 12. The highest BCUT2D eigenvalue weighted by molar-refractivity contribution is 6.01. The normalized spacial score (nSPS) is 15.5. The molecule has 128 heavy (non-hydrogen) atoms. The number of carbonyl (C=O) groups excluding carboxylic acids is 15. The second-order valence-corrected chi connectivity index (χ2v) is 32.6. The summed E-state index contributed by atoms with van der Waals surface area (Å²) in [4.78, 5) is 226. The first-order valence-electron chi connectivity index (χ1n) is 41.9. The molecule has 0 saturated carbocycles. The zero-order valence-corrected chi connectivity index (χ0v) is 72.0. The Morgan fingerprint density at radius 1 is 0.375 bits per heavy atom. The SMILES string of the molecule is CC(C)C[C@H](NC(=O)[C@H](Cc1ccc(O)cc1)NC(=O)[C@@H](N)CC(=O)O)C(=O)N[C@@H](CC(N)=O)C(=O)N[C@@H](CCCCN)C(=O)N[C@H](C(=O)N[C@@H](CC(C)C)C(=O)N1CCC[C@H]1C(=O)N[C@@H](Cc1ccc(O)cc1)C(=O)N[C@@H](Cc1ccc(O)cc1)C(=O)N[C@@H](CO)C(=O)N[C@@H](CO)C(=O)N[C@@H](Cc1ccc(O)cc1)C(=O)N[C@@H](Cc1ccc(O)cc1)C(N)=O)C(C)C. The third-order valence-electron chi connectivity index (χ3n) is 20.8. The second kappa shape index (κ2) is 50.6. The van der Waals surface area contributed by atoms with E-state index in [4.69, 9.17) is 22.9 Å². The molecule has 696 valence electrons. The fourth-order valence-electron chi connectivity index (χ4n) is 13.9. The zero-order valence-electron chi connectivity index (χ0n) is 72.0.